The molecule has 3 fully saturated rings. The zero-order valence-electron chi connectivity index (χ0n) is 20.7. The molecule has 194 valence electrons. The number of alkyl halides is 3. The summed E-state index contributed by atoms with van der Waals surface area (Å²) in [6.45, 7) is 5.34. The average molecular weight is 495 g/mol. The van der Waals surface area contributed by atoms with Crippen LogP contribution in [-0.2, 0) is 17.5 Å². The fourth-order valence-electron chi connectivity index (χ4n) is 6.20. The first-order valence-corrected chi connectivity index (χ1v) is 12.9. The summed E-state index contributed by atoms with van der Waals surface area (Å²) in [7, 11) is 2.10. The number of rotatable bonds is 8. The lowest BCUT2D eigenvalue weighted by Gasteiger charge is -2.41. The number of imide groups is 1. The molecule has 0 bridgehead atoms. The zero-order valence-corrected chi connectivity index (χ0v) is 20.7. The lowest BCUT2D eigenvalue weighted by atomic mass is 9.74. The van der Waals surface area contributed by atoms with Crippen LogP contribution in [0, 0.1) is 5.92 Å². The van der Waals surface area contributed by atoms with Gasteiger partial charge in [0.25, 0.3) is 5.91 Å². The molecule has 1 N–H and O–H groups in total. The van der Waals surface area contributed by atoms with Gasteiger partial charge < -0.3 is 10.2 Å². The fourth-order valence-corrected chi connectivity index (χ4v) is 6.20. The van der Waals surface area contributed by atoms with Crippen LogP contribution in [0.25, 0.3) is 0 Å². The predicted molar refractivity (Wildman–Crippen MR) is 128 cm³/mol. The Morgan fingerprint density at radius 3 is 2.49 bits per heavy atom. The van der Waals surface area contributed by atoms with Gasteiger partial charge in [-0.15, -0.1) is 0 Å². The van der Waals surface area contributed by atoms with E-state index < -0.39 is 17.3 Å². The number of hydrogen-bond acceptors (Lipinski definition) is 4. The molecular formula is C26H37F3N4O2. The van der Waals surface area contributed by atoms with Gasteiger partial charge in [0.15, 0.2) is 0 Å². The van der Waals surface area contributed by atoms with Crippen LogP contribution < -0.4 is 5.32 Å². The van der Waals surface area contributed by atoms with E-state index >= 15 is 0 Å². The van der Waals surface area contributed by atoms with E-state index in [-0.39, 0.29) is 17.9 Å². The second-order valence-electron chi connectivity index (χ2n) is 10.4. The monoisotopic (exact) mass is 494 g/mol. The van der Waals surface area contributed by atoms with Crippen LogP contribution >= 0.6 is 0 Å². The van der Waals surface area contributed by atoms with Crippen molar-refractivity contribution in [3.05, 3.63) is 35.4 Å². The van der Waals surface area contributed by atoms with Crippen molar-refractivity contribution in [1.82, 2.24) is 20.0 Å². The highest BCUT2D eigenvalue weighted by atomic mass is 19.4. The minimum atomic E-state index is -4.35. The molecule has 0 saturated carbocycles. The molecular weight excluding hydrogens is 457 g/mol. The van der Waals surface area contributed by atoms with Gasteiger partial charge >= 0.3 is 12.2 Å². The number of nitrogens with one attached hydrogen (secondary N) is 1. The lowest BCUT2D eigenvalue weighted by molar-refractivity contribution is -0.137. The van der Waals surface area contributed by atoms with E-state index in [4.69, 9.17) is 0 Å². The molecule has 0 radical (unpaired) electrons. The Labute approximate surface area is 205 Å². The number of halogens is 3. The van der Waals surface area contributed by atoms with E-state index in [2.05, 4.69) is 22.2 Å². The molecule has 0 unspecified atom stereocenters. The third kappa shape index (κ3) is 5.50. The third-order valence-corrected chi connectivity index (χ3v) is 8.15. The molecule has 2 atom stereocenters. The quantitative estimate of drug-likeness (QED) is 0.541. The number of urea groups is 1. The predicted octanol–water partition coefficient (Wildman–Crippen LogP) is 4.49. The molecule has 0 spiro atoms. The van der Waals surface area contributed by atoms with Crippen LogP contribution in [0.3, 0.4) is 0 Å². The second-order valence-corrected chi connectivity index (χ2v) is 10.4. The zero-order chi connectivity index (χ0) is 25.2. The third-order valence-electron chi connectivity index (χ3n) is 8.15. The van der Waals surface area contributed by atoms with Gasteiger partial charge in [-0.1, -0.05) is 31.5 Å². The molecule has 3 heterocycles. The van der Waals surface area contributed by atoms with Crippen LogP contribution in [0.5, 0.6) is 0 Å². The van der Waals surface area contributed by atoms with Gasteiger partial charge in [-0.2, -0.15) is 13.2 Å². The summed E-state index contributed by atoms with van der Waals surface area (Å²) in [4.78, 5) is 32.4. The van der Waals surface area contributed by atoms with E-state index in [1.54, 1.807) is 6.07 Å². The number of amides is 3. The van der Waals surface area contributed by atoms with Gasteiger partial charge in [-0.05, 0) is 82.8 Å². The highest BCUT2D eigenvalue weighted by molar-refractivity contribution is 6.07. The topological polar surface area (TPSA) is 55.9 Å². The fraction of sp³-hybridized carbons (Fsp3) is 0.692. The molecule has 4 rings (SSSR count). The lowest BCUT2D eigenvalue weighted by Crippen LogP contribution is -2.56. The minimum Gasteiger partial charge on any atom is -0.323 e. The van der Waals surface area contributed by atoms with Crippen LogP contribution in [-0.4, -0.2) is 71.4 Å². The molecule has 35 heavy (non-hydrogen) atoms. The molecule has 9 heteroatoms. The molecule has 1 aromatic carbocycles. The molecule has 3 aliphatic rings. The standard InChI is InChI=1S/C26H37F3N4O2/c1-3-12-25(23(34)33(24(35)30-25)16-11-22-8-5-13-31(22)2)20-9-14-32(15-10-20)18-19-6-4-7-21(17-19)26(27,28)29/h4,6-7,17,20,22H,3,5,8-16,18H2,1-2H3,(H,30,35)/t22-,25-/m0/s1. The number of piperidine rings is 1. The van der Waals surface area contributed by atoms with Gasteiger partial charge in [-0.3, -0.25) is 14.6 Å². The summed E-state index contributed by atoms with van der Waals surface area (Å²) in [6, 6.07) is 5.61. The molecule has 3 amide bonds. The van der Waals surface area contributed by atoms with Crippen molar-refractivity contribution < 1.29 is 22.8 Å². The SMILES string of the molecule is CCC[C@@]1(C2CCN(Cc3cccc(C(F)(F)F)c3)CC2)NC(=O)N(CC[C@@H]2CCCN2C)C1=O. The van der Waals surface area contributed by atoms with E-state index in [1.165, 1.54) is 17.0 Å². The van der Waals surface area contributed by atoms with E-state index in [1.807, 2.05) is 6.92 Å². The first kappa shape index (κ1) is 25.9. The van der Waals surface area contributed by atoms with Gasteiger partial charge in [0, 0.05) is 19.1 Å². The molecule has 0 aliphatic carbocycles. The van der Waals surface area contributed by atoms with Crippen LogP contribution in [0.15, 0.2) is 24.3 Å². The Balaban J connectivity index is 1.38. The Morgan fingerprint density at radius 2 is 1.86 bits per heavy atom. The van der Waals surface area contributed by atoms with Crippen molar-refractivity contribution in [2.24, 2.45) is 5.92 Å². The van der Waals surface area contributed by atoms with Gasteiger partial charge in [-0.25, -0.2) is 4.79 Å². The minimum absolute atomic E-state index is 0.0239. The van der Waals surface area contributed by atoms with Gasteiger partial charge in [0.1, 0.15) is 5.54 Å². The van der Waals surface area contributed by atoms with Crippen molar-refractivity contribution >= 4 is 11.9 Å². The number of hydrogen-bond donors (Lipinski definition) is 1. The van der Waals surface area contributed by atoms with E-state index in [0.29, 0.717) is 44.2 Å². The maximum absolute atomic E-state index is 13.6. The molecule has 0 aromatic heterocycles. The number of benzene rings is 1. The maximum atomic E-state index is 13.6. The highest BCUT2D eigenvalue weighted by Crippen LogP contribution is 2.38. The molecule has 1 aromatic rings. The largest absolute Gasteiger partial charge is 0.416 e. The summed E-state index contributed by atoms with van der Waals surface area (Å²) in [6.07, 6.45) is 1.55. The van der Waals surface area contributed by atoms with Crippen molar-refractivity contribution in [2.45, 2.75) is 76.2 Å². The Hall–Kier alpha value is -2.13. The van der Waals surface area contributed by atoms with E-state index in [9.17, 15) is 22.8 Å². The number of nitrogens with zero attached hydrogens (tertiary/aromatic N) is 3. The summed E-state index contributed by atoms with van der Waals surface area (Å²) >= 11 is 0. The summed E-state index contributed by atoms with van der Waals surface area (Å²) in [5, 5.41) is 3.09. The smallest absolute Gasteiger partial charge is 0.323 e. The van der Waals surface area contributed by atoms with Crippen LogP contribution in [0.2, 0.25) is 0 Å². The number of likely N-dealkylation sites (tertiary alicyclic amines) is 2. The molecule has 3 saturated heterocycles. The van der Waals surface area contributed by atoms with Crippen molar-refractivity contribution in [3.8, 4) is 0 Å². The molecule has 3 aliphatic heterocycles. The van der Waals surface area contributed by atoms with Gasteiger partial charge in [0.2, 0.25) is 0 Å². The first-order valence-electron chi connectivity index (χ1n) is 12.9. The van der Waals surface area contributed by atoms with Crippen LogP contribution in [0.4, 0.5) is 18.0 Å². The summed E-state index contributed by atoms with van der Waals surface area (Å²) < 4.78 is 39.2. The van der Waals surface area contributed by atoms with Gasteiger partial charge in [0.05, 0.1) is 5.56 Å². The average Bonchev–Trinajstić information content (AvgIpc) is 3.33. The van der Waals surface area contributed by atoms with Crippen molar-refractivity contribution in [1.29, 1.82) is 0 Å². The summed E-state index contributed by atoms with van der Waals surface area (Å²) in [5.41, 5.74) is -0.861. The van der Waals surface area contributed by atoms with Crippen molar-refractivity contribution in [3.63, 3.8) is 0 Å². The maximum Gasteiger partial charge on any atom is 0.416 e. The first-order chi connectivity index (χ1) is 16.6. The van der Waals surface area contributed by atoms with E-state index in [0.717, 1.165) is 51.1 Å². The number of carbonyl (C=O) groups excluding carboxylic acids is 2. The Kier molecular flexibility index (Phi) is 7.76. The highest BCUT2D eigenvalue weighted by Gasteiger charge is 2.55. The number of carbonyl (C=O) groups is 2. The normalized spacial score (nSPS) is 27.1. The second kappa shape index (κ2) is 10.5. The van der Waals surface area contributed by atoms with Crippen LogP contribution in [0.1, 0.15) is 63.0 Å². The molecule has 6 nitrogen and oxygen atoms in total. The Morgan fingerprint density at radius 1 is 1.11 bits per heavy atom. The summed E-state index contributed by atoms with van der Waals surface area (Å²) in [5.74, 6) is -0.0721. The van der Waals surface area contributed by atoms with Crippen molar-refractivity contribution in [2.75, 3.05) is 33.2 Å². The Bertz CT molecular complexity index is 916.